The lowest BCUT2D eigenvalue weighted by Crippen LogP contribution is -2.50. The van der Waals surface area contributed by atoms with Crippen molar-refractivity contribution in [3.05, 3.63) is 72.1 Å². The highest BCUT2D eigenvalue weighted by Gasteiger charge is 2.41. The van der Waals surface area contributed by atoms with Crippen molar-refractivity contribution in [2.24, 2.45) is 11.3 Å². The zero-order valence-electron chi connectivity index (χ0n) is 26.5. The molecule has 2 aliphatic carbocycles. The minimum absolute atomic E-state index is 0.0222. The van der Waals surface area contributed by atoms with Gasteiger partial charge in [-0.25, -0.2) is 4.39 Å². The summed E-state index contributed by atoms with van der Waals surface area (Å²) in [5, 5.41) is 6.01. The fourth-order valence-corrected chi connectivity index (χ4v) is 6.93. The van der Waals surface area contributed by atoms with Gasteiger partial charge in [0.25, 0.3) is 0 Å². The van der Waals surface area contributed by atoms with Gasteiger partial charge in [-0.3, -0.25) is 14.5 Å². The van der Waals surface area contributed by atoms with E-state index in [2.05, 4.69) is 67.8 Å². The van der Waals surface area contributed by atoms with Crippen LogP contribution in [0.5, 0.6) is 0 Å². The Labute approximate surface area is 257 Å². The minimum atomic E-state index is -0.117. The summed E-state index contributed by atoms with van der Waals surface area (Å²) in [4.78, 5) is 35.2. The molecule has 0 spiro atoms. The molecule has 1 saturated heterocycles. The maximum Gasteiger partial charge on any atom is 0.237 e. The summed E-state index contributed by atoms with van der Waals surface area (Å²) in [5.41, 5.74) is 5.23. The second-order valence-electron chi connectivity index (χ2n) is 13.1. The van der Waals surface area contributed by atoms with Gasteiger partial charge in [0, 0.05) is 19.6 Å². The van der Waals surface area contributed by atoms with Gasteiger partial charge in [0.05, 0.1) is 12.5 Å². The van der Waals surface area contributed by atoms with Crippen molar-refractivity contribution in [1.29, 1.82) is 0 Å². The minimum Gasteiger partial charge on any atom is -0.359 e. The number of nitrogens with zero attached hydrogens (tertiary/aromatic N) is 1. The Morgan fingerprint density at radius 2 is 1.77 bits per heavy atom. The van der Waals surface area contributed by atoms with Crippen LogP contribution in [0, 0.1) is 17.2 Å². The number of hydrogen-bond acceptors (Lipinski definition) is 4. The number of carbonyl (C=O) groups is 3. The van der Waals surface area contributed by atoms with Crippen molar-refractivity contribution >= 4 is 18.6 Å². The fourth-order valence-electron chi connectivity index (χ4n) is 6.93. The van der Waals surface area contributed by atoms with Crippen LogP contribution in [0.25, 0.3) is 11.1 Å². The average Bonchev–Trinajstić information content (AvgIpc) is 3.24. The standard InChI is InChI=1S/C33H44FN3O2.C2H4.CH2O/c1-33(2)19-29(37(4)20-33)32(39)36-25-15-21(16-25)11-13-23-14-12-22(18-30(38)35-3)17-27(23)26-9-6-10-28(34)31(26)24-7-5-8-24;2*1-2/h6,9-10,12,14,17,21,24-25,29H,5,7-8,11,13,15-16,18-20H2,1-4H3,(H,35,38)(H,36,39);1-2H2;1H2/t21?,25?,29-;;/m0../s1. The molecule has 2 saturated carbocycles. The molecule has 2 aromatic carbocycles. The molecular formula is C36H50FN3O3. The quantitative estimate of drug-likeness (QED) is 0.339. The lowest BCUT2D eigenvalue weighted by atomic mass is 9.74. The summed E-state index contributed by atoms with van der Waals surface area (Å²) in [6, 6.07) is 12.0. The number of likely N-dealkylation sites (N-methyl/N-ethyl adjacent to an activating group) is 2. The van der Waals surface area contributed by atoms with Crippen LogP contribution in [-0.4, -0.2) is 56.2 Å². The van der Waals surface area contributed by atoms with E-state index in [4.69, 9.17) is 4.79 Å². The molecule has 0 aromatic heterocycles. The molecule has 2 N–H and O–H groups in total. The van der Waals surface area contributed by atoms with Crippen molar-refractivity contribution in [2.75, 3.05) is 20.6 Å². The van der Waals surface area contributed by atoms with Crippen molar-refractivity contribution in [3.8, 4) is 11.1 Å². The third-order valence-corrected chi connectivity index (χ3v) is 9.34. The summed E-state index contributed by atoms with van der Waals surface area (Å²) >= 11 is 0. The van der Waals surface area contributed by atoms with E-state index in [1.807, 2.05) is 18.9 Å². The molecule has 1 aliphatic heterocycles. The van der Waals surface area contributed by atoms with Gasteiger partial charge >= 0.3 is 0 Å². The number of rotatable bonds is 9. The van der Waals surface area contributed by atoms with E-state index in [1.54, 1.807) is 13.1 Å². The van der Waals surface area contributed by atoms with Crippen LogP contribution < -0.4 is 10.6 Å². The van der Waals surface area contributed by atoms with Crippen molar-refractivity contribution in [2.45, 2.75) is 89.6 Å². The Hall–Kier alpha value is -3.32. The second kappa shape index (κ2) is 15.4. The molecule has 7 heteroatoms. The van der Waals surface area contributed by atoms with Crippen LogP contribution in [0.1, 0.15) is 81.4 Å². The van der Waals surface area contributed by atoms with Crippen LogP contribution in [0.4, 0.5) is 4.39 Å². The van der Waals surface area contributed by atoms with Gasteiger partial charge in [-0.05, 0) is 103 Å². The molecule has 3 fully saturated rings. The highest BCUT2D eigenvalue weighted by molar-refractivity contribution is 5.82. The highest BCUT2D eigenvalue weighted by atomic mass is 19.1. The maximum atomic E-state index is 15.1. The van der Waals surface area contributed by atoms with E-state index in [9.17, 15) is 9.59 Å². The first-order valence-corrected chi connectivity index (χ1v) is 15.5. The molecule has 1 heterocycles. The molecule has 6 nitrogen and oxygen atoms in total. The van der Waals surface area contributed by atoms with Crippen LogP contribution >= 0.6 is 0 Å². The molecule has 0 bridgehead atoms. The van der Waals surface area contributed by atoms with Gasteiger partial charge in [-0.15, -0.1) is 13.2 Å². The van der Waals surface area contributed by atoms with Gasteiger partial charge < -0.3 is 15.4 Å². The lowest BCUT2D eigenvalue weighted by Gasteiger charge is -2.37. The monoisotopic (exact) mass is 591 g/mol. The van der Waals surface area contributed by atoms with E-state index >= 15 is 4.39 Å². The predicted octanol–water partition coefficient (Wildman–Crippen LogP) is 6.22. The summed E-state index contributed by atoms with van der Waals surface area (Å²) in [5.74, 6) is 0.883. The number of carbonyl (C=O) groups excluding carboxylic acids is 3. The summed E-state index contributed by atoms with van der Waals surface area (Å²) in [6.45, 7) is 13.4. The molecule has 0 radical (unpaired) electrons. The Bertz CT molecular complexity index is 1250. The van der Waals surface area contributed by atoms with Crippen LogP contribution in [0.15, 0.2) is 49.6 Å². The number of amides is 2. The second-order valence-corrected chi connectivity index (χ2v) is 13.1. The van der Waals surface area contributed by atoms with Gasteiger partial charge in [0.15, 0.2) is 0 Å². The number of nitrogens with one attached hydrogen (secondary N) is 2. The summed E-state index contributed by atoms with van der Waals surface area (Å²) in [7, 11) is 3.70. The topological polar surface area (TPSA) is 78.5 Å². The predicted molar refractivity (Wildman–Crippen MR) is 172 cm³/mol. The van der Waals surface area contributed by atoms with Crippen LogP contribution in [-0.2, 0) is 27.2 Å². The number of likely N-dealkylation sites (tertiary alicyclic amines) is 1. The molecule has 2 aromatic rings. The smallest absolute Gasteiger partial charge is 0.237 e. The first kappa shape index (κ1) is 34.2. The summed E-state index contributed by atoms with van der Waals surface area (Å²) < 4.78 is 15.1. The Morgan fingerprint density at radius 1 is 1.07 bits per heavy atom. The van der Waals surface area contributed by atoms with Crippen molar-refractivity contribution in [1.82, 2.24) is 15.5 Å². The third kappa shape index (κ3) is 8.41. The van der Waals surface area contributed by atoms with Gasteiger partial charge in [-0.1, -0.05) is 50.6 Å². The number of halogens is 1. The lowest BCUT2D eigenvalue weighted by molar-refractivity contribution is -0.126. The molecule has 0 unspecified atom stereocenters. The van der Waals surface area contributed by atoms with E-state index in [0.717, 1.165) is 80.2 Å². The van der Waals surface area contributed by atoms with E-state index < -0.39 is 0 Å². The van der Waals surface area contributed by atoms with Crippen LogP contribution in [0.2, 0.25) is 0 Å². The Kier molecular flexibility index (Phi) is 12.3. The van der Waals surface area contributed by atoms with Crippen molar-refractivity contribution < 1.29 is 18.8 Å². The number of hydrogen-bond donors (Lipinski definition) is 2. The average molecular weight is 592 g/mol. The zero-order valence-corrected chi connectivity index (χ0v) is 26.5. The largest absolute Gasteiger partial charge is 0.359 e. The van der Waals surface area contributed by atoms with Gasteiger partial charge in [-0.2, -0.15) is 0 Å². The first-order valence-electron chi connectivity index (χ1n) is 15.5. The van der Waals surface area contributed by atoms with Gasteiger partial charge in [0.1, 0.15) is 12.6 Å². The molecular weight excluding hydrogens is 541 g/mol. The molecule has 5 rings (SSSR count). The van der Waals surface area contributed by atoms with Crippen LogP contribution in [0.3, 0.4) is 0 Å². The van der Waals surface area contributed by atoms with E-state index in [1.165, 1.54) is 5.56 Å². The highest BCUT2D eigenvalue weighted by Crippen LogP contribution is 2.44. The van der Waals surface area contributed by atoms with E-state index in [0.29, 0.717) is 12.3 Å². The molecule has 2 amide bonds. The van der Waals surface area contributed by atoms with Crippen molar-refractivity contribution in [3.63, 3.8) is 0 Å². The molecule has 3 aliphatic rings. The third-order valence-electron chi connectivity index (χ3n) is 9.34. The number of aryl methyl sites for hydroxylation is 1. The molecule has 234 valence electrons. The number of benzene rings is 2. The van der Waals surface area contributed by atoms with E-state index in [-0.39, 0.29) is 41.0 Å². The Morgan fingerprint density at radius 3 is 2.35 bits per heavy atom. The normalized spacial score (nSPS) is 22.5. The maximum absolute atomic E-state index is 15.1. The summed E-state index contributed by atoms with van der Waals surface area (Å²) in [6.07, 6.45) is 8.42. The fraction of sp³-hybridized carbons (Fsp3) is 0.528. The molecule has 1 atom stereocenters. The SMILES string of the molecule is C=C.C=O.CNC(=O)Cc1ccc(CCC2CC(NC(=O)[C@@H]3CC(C)(C)CN3C)C2)c(-c2cccc(F)c2C2CCC2)c1. The molecule has 43 heavy (non-hydrogen) atoms. The Balaban J connectivity index is 0.00000121. The van der Waals surface area contributed by atoms with Gasteiger partial charge in [0.2, 0.25) is 11.8 Å². The zero-order chi connectivity index (χ0) is 31.7. The first-order chi connectivity index (χ1) is 20.6.